The second-order valence-electron chi connectivity index (χ2n) is 12.1. The zero-order valence-electron chi connectivity index (χ0n) is 23.2. The van der Waals surface area contributed by atoms with Crippen LogP contribution in [-0.2, 0) is 5.41 Å². The van der Waals surface area contributed by atoms with E-state index >= 15 is 0 Å². The summed E-state index contributed by atoms with van der Waals surface area (Å²) in [5.74, 6) is 0. The van der Waals surface area contributed by atoms with Gasteiger partial charge in [0.05, 0.1) is 0 Å². The number of benzene rings is 6. The summed E-state index contributed by atoms with van der Waals surface area (Å²) in [6.45, 7) is 4.72. The van der Waals surface area contributed by atoms with Crippen LogP contribution in [0.25, 0.3) is 22.3 Å². The summed E-state index contributed by atoms with van der Waals surface area (Å²) in [5.41, 5.74) is 12.2. The Balaban J connectivity index is 1.37. The van der Waals surface area contributed by atoms with E-state index in [0.717, 1.165) is 0 Å². The van der Waals surface area contributed by atoms with E-state index in [1.807, 2.05) is 0 Å². The van der Waals surface area contributed by atoms with E-state index in [0.29, 0.717) is 0 Å². The van der Waals surface area contributed by atoms with Crippen molar-refractivity contribution in [1.29, 1.82) is 0 Å². The van der Waals surface area contributed by atoms with Gasteiger partial charge in [0, 0.05) is 0 Å². The normalized spacial score (nSPS) is 15.9. The summed E-state index contributed by atoms with van der Waals surface area (Å²) < 4.78 is 6.26. The van der Waals surface area contributed by atoms with Crippen molar-refractivity contribution in [1.82, 2.24) is 0 Å². The Hall–Kier alpha value is -4.34. The third-order valence-corrected chi connectivity index (χ3v) is 20.3. The van der Waals surface area contributed by atoms with E-state index in [2.05, 4.69) is 158 Å². The standard InChI is InChI=1S/C39H29GeN/c1-39(2)31-16-6-11-21-37(31)41(38-22-12-7-17-32(38)39)26-23-24-30-29-15-5-10-20-35(29)40(36(30)25-26)33-18-8-3-13-27(33)28-14-4-9-19-34(28)40/h3-25H,1-2H3. The van der Waals surface area contributed by atoms with Gasteiger partial charge in [0.1, 0.15) is 0 Å². The zero-order valence-corrected chi connectivity index (χ0v) is 25.3. The van der Waals surface area contributed by atoms with E-state index in [1.165, 1.54) is 50.4 Å². The van der Waals surface area contributed by atoms with Crippen molar-refractivity contribution in [2.75, 3.05) is 4.90 Å². The molecule has 3 aliphatic heterocycles. The van der Waals surface area contributed by atoms with E-state index in [-0.39, 0.29) is 5.41 Å². The molecule has 0 N–H and O–H groups in total. The van der Waals surface area contributed by atoms with Crippen LogP contribution in [0.4, 0.5) is 17.1 Å². The molecule has 6 aromatic rings. The van der Waals surface area contributed by atoms with Crippen LogP contribution in [0.3, 0.4) is 0 Å². The van der Waals surface area contributed by atoms with Gasteiger partial charge in [0.2, 0.25) is 0 Å². The molecule has 0 bridgehead atoms. The van der Waals surface area contributed by atoms with Gasteiger partial charge in [-0.15, -0.1) is 0 Å². The second kappa shape index (κ2) is 8.12. The van der Waals surface area contributed by atoms with Crippen molar-refractivity contribution in [3.63, 3.8) is 0 Å². The topological polar surface area (TPSA) is 3.24 Å². The molecule has 0 saturated heterocycles. The fourth-order valence-electron chi connectivity index (χ4n) is 8.17. The molecule has 41 heavy (non-hydrogen) atoms. The molecule has 0 amide bonds. The molecule has 3 aliphatic rings. The molecule has 2 heteroatoms. The first-order valence-corrected chi connectivity index (χ1v) is 18.7. The summed E-state index contributed by atoms with van der Waals surface area (Å²) in [6, 6.07) is 53.0. The van der Waals surface area contributed by atoms with E-state index in [4.69, 9.17) is 0 Å². The van der Waals surface area contributed by atoms with E-state index in [1.54, 1.807) is 17.6 Å². The molecule has 0 aliphatic carbocycles. The number of nitrogens with zero attached hydrogens (tertiary/aromatic N) is 1. The number of rotatable bonds is 1. The average Bonchev–Trinajstić information content (AvgIpc) is 3.49. The number of hydrogen-bond donors (Lipinski definition) is 0. The Bertz CT molecular complexity index is 1940. The van der Waals surface area contributed by atoms with Crippen molar-refractivity contribution >= 4 is 47.9 Å². The first-order chi connectivity index (χ1) is 20.1. The molecule has 6 aromatic carbocycles. The van der Waals surface area contributed by atoms with Gasteiger partial charge >= 0.3 is 245 Å². The molecular weight excluding hydrogens is 555 g/mol. The van der Waals surface area contributed by atoms with Crippen molar-refractivity contribution < 1.29 is 0 Å². The minimum atomic E-state index is -3.23. The summed E-state index contributed by atoms with van der Waals surface area (Å²) >= 11 is -3.23. The van der Waals surface area contributed by atoms with Gasteiger partial charge in [0.25, 0.3) is 0 Å². The van der Waals surface area contributed by atoms with Crippen molar-refractivity contribution in [2.24, 2.45) is 0 Å². The summed E-state index contributed by atoms with van der Waals surface area (Å²) in [5, 5.41) is 0. The first kappa shape index (κ1) is 23.4. The molecule has 9 rings (SSSR count). The molecule has 0 fully saturated rings. The molecule has 0 unspecified atom stereocenters. The number of hydrogen-bond acceptors (Lipinski definition) is 1. The Kier molecular flexibility index (Phi) is 4.63. The molecule has 0 aromatic heterocycles. The van der Waals surface area contributed by atoms with Gasteiger partial charge in [-0.25, -0.2) is 0 Å². The van der Waals surface area contributed by atoms with Crippen LogP contribution in [-0.4, -0.2) is 13.3 Å². The Morgan fingerprint density at radius 1 is 0.439 bits per heavy atom. The van der Waals surface area contributed by atoms with E-state index < -0.39 is 13.3 Å². The zero-order chi connectivity index (χ0) is 27.3. The van der Waals surface area contributed by atoms with Gasteiger partial charge in [-0.3, -0.25) is 0 Å². The predicted octanol–water partition coefficient (Wildman–Crippen LogP) is 7.13. The Morgan fingerprint density at radius 2 is 0.854 bits per heavy atom. The molecule has 1 spiro atoms. The molecule has 3 heterocycles. The Labute approximate surface area is 244 Å². The summed E-state index contributed by atoms with van der Waals surface area (Å²) in [6.07, 6.45) is 0. The Morgan fingerprint density at radius 3 is 1.37 bits per heavy atom. The first-order valence-electron chi connectivity index (χ1n) is 14.5. The monoisotopic (exact) mass is 585 g/mol. The maximum atomic E-state index is 2.57. The fourth-order valence-corrected chi connectivity index (χ4v) is 20.0. The van der Waals surface area contributed by atoms with Gasteiger partial charge in [-0.1, -0.05) is 0 Å². The third kappa shape index (κ3) is 2.82. The number of anilines is 3. The molecule has 0 radical (unpaired) electrons. The second-order valence-corrected chi connectivity index (χ2v) is 19.8. The van der Waals surface area contributed by atoms with Crippen LogP contribution >= 0.6 is 0 Å². The SMILES string of the molecule is CC1(C)c2ccccc2N(c2ccc3[c](c2)[Ge]2([c]4ccccc4-c4cccc[c]42)[c]2ccccc2-3)c2ccccc21. The molecule has 194 valence electrons. The molecule has 0 atom stereocenters. The predicted molar refractivity (Wildman–Crippen MR) is 175 cm³/mol. The third-order valence-electron chi connectivity index (χ3n) is 9.88. The fraction of sp³-hybridized carbons (Fsp3) is 0.0769. The number of fused-ring (bicyclic) bond motifs is 12. The molecule has 0 saturated carbocycles. The van der Waals surface area contributed by atoms with Crippen LogP contribution in [0.2, 0.25) is 0 Å². The van der Waals surface area contributed by atoms with Crippen LogP contribution in [0.1, 0.15) is 25.0 Å². The van der Waals surface area contributed by atoms with Crippen molar-refractivity contribution in [3.8, 4) is 22.3 Å². The molecule has 1 nitrogen and oxygen atoms in total. The van der Waals surface area contributed by atoms with Crippen LogP contribution in [0.5, 0.6) is 0 Å². The van der Waals surface area contributed by atoms with Crippen LogP contribution < -0.4 is 22.5 Å². The number of para-hydroxylation sites is 2. The van der Waals surface area contributed by atoms with Gasteiger partial charge in [0.15, 0.2) is 0 Å². The van der Waals surface area contributed by atoms with Gasteiger partial charge < -0.3 is 0 Å². The minimum absolute atomic E-state index is 0.0704. The van der Waals surface area contributed by atoms with Gasteiger partial charge in [-0.05, 0) is 0 Å². The van der Waals surface area contributed by atoms with E-state index in [9.17, 15) is 0 Å². The van der Waals surface area contributed by atoms with Crippen molar-refractivity contribution in [2.45, 2.75) is 19.3 Å². The van der Waals surface area contributed by atoms with Crippen LogP contribution in [0.15, 0.2) is 140 Å². The molecular formula is C39H29GeN. The summed E-state index contributed by atoms with van der Waals surface area (Å²) in [4.78, 5) is 2.52. The summed E-state index contributed by atoms with van der Waals surface area (Å²) in [7, 11) is 0. The van der Waals surface area contributed by atoms with Crippen molar-refractivity contribution in [3.05, 3.63) is 151 Å². The van der Waals surface area contributed by atoms with Crippen LogP contribution in [0, 0.1) is 0 Å². The quantitative estimate of drug-likeness (QED) is 0.186. The maximum absolute atomic E-state index is 3.23. The average molecular weight is 584 g/mol. The van der Waals surface area contributed by atoms with Gasteiger partial charge in [-0.2, -0.15) is 0 Å².